The first-order chi connectivity index (χ1) is 7.97. The highest BCUT2D eigenvalue weighted by Gasteiger charge is 2.71. The number of carbonyl (C=O) groups excluding carboxylic acids is 1. The van der Waals surface area contributed by atoms with Gasteiger partial charge < -0.3 is 4.79 Å². The summed E-state index contributed by atoms with van der Waals surface area (Å²) in [5.74, 6) is -0.541. The molecule has 17 heavy (non-hydrogen) atoms. The molecule has 0 amide bonds. The van der Waals surface area contributed by atoms with E-state index in [1.807, 2.05) is 6.07 Å². The highest BCUT2D eigenvalue weighted by Crippen LogP contribution is 2.61. The number of rotatable bonds is 3. The van der Waals surface area contributed by atoms with Gasteiger partial charge in [-0.3, -0.25) is 0 Å². The van der Waals surface area contributed by atoms with Crippen molar-refractivity contribution in [2.75, 3.05) is 6.26 Å². The van der Waals surface area contributed by atoms with Crippen molar-refractivity contribution in [3.63, 3.8) is 0 Å². The van der Waals surface area contributed by atoms with Crippen LogP contribution < -0.4 is 0 Å². The van der Waals surface area contributed by atoms with Crippen molar-refractivity contribution < 1.29 is 13.2 Å². The van der Waals surface area contributed by atoms with E-state index in [0.717, 1.165) is 11.8 Å². The average molecular weight is 249 g/mol. The van der Waals surface area contributed by atoms with Crippen LogP contribution in [-0.4, -0.2) is 26.2 Å². The van der Waals surface area contributed by atoms with Crippen LogP contribution in [0.4, 0.5) is 0 Å². The normalized spacial score (nSPS) is 31.5. The van der Waals surface area contributed by atoms with Crippen molar-refractivity contribution in [1.29, 1.82) is 5.26 Å². The maximum absolute atomic E-state index is 11.6. The molecule has 0 aliphatic heterocycles. The molecule has 0 N–H and O–H groups in total. The van der Waals surface area contributed by atoms with Gasteiger partial charge >= 0.3 is 0 Å². The van der Waals surface area contributed by atoms with Crippen LogP contribution in [0, 0.1) is 16.7 Å². The van der Waals surface area contributed by atoms with Crippen LogP contribution in [0.2, 0.25) is 0 Å². The smallest absolute Gasteiger partial charge is 0.153 e. The Morgan fingerprint density at radius 3 is 2.29 bits per heavy atom. The van der Waals surface area contributed by atoms with Gasteiger partial charge in [-0.25, -0.2) is 8.42 Å². The topological polar surface area (TPSA) is 75.0 Å². The van der Waals surface area contributed by atoms with Crippen LogP contribution in [-0.2, 0) is 14.6 Å². The van der Waals surface area contributed by atoms with Gasteiger partial charge in [0.15, 0.2) is 9.84 Å². The van der Waals surface area contributed by atoms with E-state index in [1.54, 1.807) is 30.3 Å². The fraction of sp³-hybridized carbons (Fsp3) is 0.333. The van der Waals surface area contributed by atoms with E-state index >= 15 is 0 Å². The summed E-state index contributed by atoms with van der Waals surface area (Å²) in [6.45, 7) is 0. The number of hydrogen-bond acceptors (Lipinski definition) is 4. The lowest BCUT2D eigenvalue weighted by molar-refractivity contribution is -0.110. The molecule has 0 radical (unpaired) electrons. The van der Waals surface area contributed by atoms with Gasteiger partial charge in [0.05, 0.1) is 11.3 Å². The molecule has 0 spiro atoms. The number of benzene rings is 1. The van der Waals surface area contributed by atoms with E-state index in [4.69, 9.17) is 5.26 Å². The van der Waals surface area contributed by atoms with Crippen molar-refractivity contribution in [3.05, 3.63) is 35.9 Å². The first-order valence-electron chi connectivity index (χ1n) is 5.09. The number of sulfone groups is 1. The Morgan fingerprint density at radius 2 is 1.94 bits per heavy atom. The maximum atomic E-state index is 11.6. The molecule has 3 atom stereocenters. The van der Waals surface area contributed by atoms with E-state index in [1.165, 1.54) is 0 Å². The molecular weight excluding hydrogens is 238 g/mol. The SMILES string of the molecule is CS(=O)(=O)[C@@H]1[C@H](c2ccccc2)[C@]1(C#N)C=O. The molecule has 1 fully saturated rings. The Balaban J connectivity index is 2.50. The number of hydrogen-bond donors (Lipinski definition) is 0. The average Bonchev–Trinajstić information content (AvgIpc) is 3.00. The van der Waals surface area contributed by atoms with E-state index in [-0.39, 0.29) is 0 Å². The van der Waals surface area contributed by atoms with Crippen molar-refractivity contribution in [2.45, 2.75) is 11.2 Å². The molecule has 4 nitrogen and oxygen atoms in total. The van der Waals surface area contributed by atoms with E-state index in [0.29, 0.717) is 6.29 Å². The summed E-state index contributed by atoms with van der Waals surface area (Å²) in [4.78, 5) is 11.1. The number of carbonyl (C=O) groups is 1. The minimum atomic E-state index is -3.41. The standard InChI is InChI=1S/C12H11NO3S/c1-17(15,16)11-10(12(11,7-13)8-14)9-5-3-2-4-6-9/h2-6,8,10-11H,1H3/t10-,11+,12-/m0/s1. The molecule has 0 saturated heterocycles. The molecule has 0 heterocycles. The fourth-order valence-electron chi connectivity index (χ4n) is 2.39. The lowest BCUT2D eigenvalue weighted by Crippen LogP contribution is -2.14. The molecule has 5 heteroatoms. The van der Waals surface area contributed by atoms with Gasteiger partial charge in [0.25, 0.3) is 0 Å². The molecule has 88 valence electrons. The van der Waals surface area contributed by atoms with E-state index in [2.05, 4.69) is 0 Å². The van der Waals surface area contributed by atoms with Crippen molar-refractivity contribution in [1.82, 2.24) is 0 Å². The Labute approximate surface area is 99.8 Å². The number of nitrogens with zero attached hydrogens (tertiary/aromatic N) is 1. The molecule has 2 rings (SSSR count). The van der Waals surface area contributed by atoms with Gasteiger partial charge in [-0.05, 0) is 5.56 Å². The molecule has 0 unspecified atom stereocenters. The zero-order valence-corrected chi connectivity index (χ0v) is 10.0. The lowest BCUT2D eigenvalue weighted by Gasteiger charge is -1.98. The summed E-state index contributed by atoms with van der Waals surface area (Å²) in [5.41, 5.74) is -0.689. The summed E-state index contributed by atoms with van der Waals surface area (Å²) in [5, 5.41) is 8.16. The quantitative estimate of drug-likeness (QED) is 0.746. The molecule has 1 aliphatic rings. The highest BCUT2D eigenvalue weighted by atomic mass is 32.2. The van der Waals surface area contributed by atoms with Crippen LogP contribution in [0.5, 0.6) is 0 Å². The van der Waals surface area contributed by atoms with Gasteiger partial charge in [-0.15, -0.1) is 0 Å². The summed E-state index contributed by atoms with van der Waals surface area (Å²) < 4.78 is 23.2. The molecule has 1 saturated carbocycles. The second-order valence-electron chi connectivity index (χ2n) is 4.30. The van der Waals surface area contributed by atoms with Crippen LogP contribution in [0.25, 0.3) is 0 Å². The van der Waals surface area contributed by atoms with E-state index < -0.39 is 26.4 Å². The zero-order valence-electron chi connectivity index (χ0n) is 9.20. The van der Waals surface area contributed by atoms with Gasteiger partial charge in [0.2, 0.25) is 0 Å². The molecular formula is C12H11NO3S. The fourth-order valence-corrected chi connectivity index (χ4v) is 4.15. The third-order valence-electron chi connectivity index (χ3n) is 3.19. The van der Waals surface area contributed by atoms with Crippen molar-refractivity contribution in [2.24, 2.45) is 5.41 Å². The second kappa shape index (κ2) is 3.67. The Morgan fingerprint density at radius 1 is 1.35 bits per heavy atom. The van der Waals surface area contributed by atoms with Crippen LogP contribution >= 0.6 is 0 Å². The zero-order chi connectivity index (χ0) is 12.7. The van der Waals surface area contributed by atoms with Gasteiger partial charge in [-0.2, -0.15) is 5.26 Å². The minimum absolute atomic E-state index is 0.469. The van der Waals surface area contributed by atoms with Crippen LogP contribution in [0.1, 0.15) is 11.5 Å². The maximum Gasteiger partial charge on any atom is 0.153 e. The van der Waals surface area contributed by atoms with E-state index in [9.17, 15) is 13.2 Å². The Hall–Kier alpha value is -1.67. The van der Waals surface area contributed by atoms with Gasteiger partial charge in [0, 0.05) is 12.2 Å². The van der Waals surface area contributed by atoms with Crippen molar-refractivity contribution >= 4 is 16.1 Å². The molecule has 0 aromatic heterocycles. The number of nitriles is 1. The monoisotopic (exact) mass is 249 g/mol. The van der Waals surface area contributed by atoms with Crippen molar-refractivity contribution in [3.8, 4) is 6.07 Å². The largest absolute Gasteiger partial charge is 0.302 e. The minimum Gasteiger partial charge on any atom is -0.302 e. The predicted molar refractivity (Wildman–Crippen MR) is 61.9 cm³/mol. The Kier molecular flexibility index (Phi) is 2.55. The lowest BCUT2D eigenvalue weighted by atomic mass is 10.0. The first-order valence-corrected chi connectivity index (χ1v) is 7.04. The third kappa shape index (κ3) is 1.65. The van der Waals surface area contributed by atoms with Crippen LogP contribution in [0.15, 0.2) is 30.3 Å². The Bertz CT molecular complexity index is 588. The first kappa shape index (κ1) is 11.8. The summed E-state index contributed by atoms with van der Waals surface area (Å²) >= 11 is 0. The highest BCUT2D eigenvalue weighted by molar-refractivity contribution is 7.91. The molecule has 0 bridgehead atoms. The predicted octanol–water partition coefficient (Wildman–Crippen LogP) is 0.906. The van der Waals surface area contributed by atoms with Gasteiger partial charge in [-0.1, -0.05) is 30.3 Å². The molecule has 1 aliphatic carbocycles. The summed E-state index contributed by atoms with van der Waals surface area (Å²) in [6, 6.07) is 10.7. The third-order valence-corrected chi connectivity index (χ3v) is 4.77. The summed E-state index contributed by atoms with van der Waals surface area (Å²) in [6.07, 6.45) is 1.53. The van der Waals surface area contributed by atoms with Crippen LogP contribution in [0.3, 0.4) is 0 Å². The number of aldehydes is 1. The molecule has 1 aromatic carbocycles. The second-order valence-corrected chi connectivity index (χ2v) is 6.47. The van der Waals surface area contributed by atoms with Gasteiger partial charge in [0.1, 0.15) is 11.7 Å². The molecule has 1 aromatic rings. The summed E-state index contributed by atoms with van der Waals surface area (Å²) in [7, 11) is -3.41.